The molecule has 0 radical (unpaired) electrons. The van der Waals surface area contributed by atoms with E-state index in [1.54, 1.807) is 0 Å². The van der Waals surface area contributed by atoms with Crippen molar-refractivity contribution in [3.05, 3.63) is 0 Å². The van der Waals surface area contributed by atoms with Gasteiger partial charge in [-0.15, -0.1) is 0 Å². The zero-order valence-corrected chi connectivity index (χ0v) is 8.61. The first kappa shape index (κ1) is 10.7. The Bertz CT molecular complexity index is 208. The highest BCUT2D eigenvalue weighted by Crippen LogP contribution is 2.06. The molecule has 0 amide bonds. The summed E-state index contributed by atoms with van der Waals surface area (Å²) in [6, 6.07) is 2.10. The van der Waals surface area contributed by atoms with Gasteiger partial charge in [-0.2, -0.15) is 5.26 Å². The van der Waals surface area contributed by atoms with E-state index in [0.29, 0.717) is 12.3 Å². The molecule has 0 bridgehead atoms. The Morgan fingerprint density at radius 2 is 2.23 bits per heavy atom. The zero-order valence-electron chi connectivity index (χ0n) is 7.79. The minimum atomic E-state index is -0.652. The third-order valence-electron chi connectivity index (χ3n) is 2.20. The minimum Gasteiger partial charge on any atom is -0.316 e. The first-order valence-corrected chi connectivity index (χ1v) is 6.24. The van der Waals surface area contributed by atoms with E-state index in [0.717, 1.165) is 37.4 Å². The lowest BCUT2D eigenvalue weighted by Gasteiger charge is -2.26. The van der Waals surface area contributed by atoms with Crippen LogP contribution in [0.2, 0.25) is 0 Å². The number of rotatable bonds is 6. The molecule has 3 nitrogen and oxygen atoms in total. The number of nitrogens with one attached hydrogen (secondary N) is 1. The van der Waals surface area contributed by atoms with E-state index in [9.17, 15) is 4.21 Å². The van der Waals surface area contributed by atoms with Gasteiger partial charge in [0.15, 0.2) is 0 Å². The lowest BCUT2D eigenvalue weighted by molar-refractivity contribution is 0.382. The van der Waals surface area contributed by atoms with Crippen LogP contribution >= 0.6 is 0 Å². The number of unbranched alkanes of at least 4 members (excludes halogenated alkanes) is 2. The predicted molar refractivity (Wildman–Crippen MR) is 53.7 cm³/mol. The average Bonchev–Trinajstić information content (AvgIpc) is 2.06. The average molecular weight is 200 g/mol. The van der Waals surface area contributed by atoms with Crippen LogP contribution in [0.5, 0.6) is 0 Å². The molecule has 1 heterocycles. The van der Waals surface area contributed by atoms with Crippen molar-refractivity contribution in [1.82, 2.24) is 5.32 Å². The van der Waals surface area contributed by atoms with Crippen molar-refractivity contribution in [2.45, 2.75) is 19.3 Å². The molecule has 0 aromatic carbocycles. The predicted octanol–water partition coefficient (Wildman–Crippen LogP) is 0.648. The SMILES string of the molecule is N#CCCCCS(=O)CC1CNC1. The van der Waals surface area contributed by atoms with Crippen molar-refractivity contribution in [3.8, 4) is 6.07 Å². The van der Waals surface area contributed by atoms with Crippen LogP contribution in [0.1, 0.15) is 19.3 Å². The molecular formula is C9H16N2OS. The molecule has 74 valence electrons. The van der Waals surface area contributed by atoms with Crippen LogP contribution in [0.3, 0.4) is 0 Å². The van der Waals surface area contributed by atoms with E-state index in [1.807, 2.05) is 0 Å². The van der Waals surface area contributed by atoms with E-state index in [4.69, 9.17) is 5.26 Å². The van der Waals surface area contributed by atoms with E-state index >= 15 is 0 Å². The molecule has 1 atom stereocenters. The Morgan fingerprint density at radius 3 is 2.77 bits per heavy atom. The summed E-state index contributed by atoms with van der Waals surface area (Å²) in [5.74, 6) is 2.26. The molecule has 0 spiro atoms. The Hall–Kier alpha value is -0.400. The summed E-state index contributed by atoms with van der Waals surface area (Å²) in [5, 5.41) is 11.5. The topological polar surface area (TPSA) is 52.9 Å². The summed E-state index contributed by atoms with van der Waals surface area (Å²) in [7, 11) is -0.652. The van der Waals surface area contributed by atoms with Gasteiger partial charge in [0.05, 0.1) is 6.07 Å². The standard InChI is InChI=1S/C9H16N2OS/c10-4-2-1-3-5-13(12)8-9-6-11-7-9/h9,11H,1-3,5-8H2. The van der Waals surface area contributed by atoms with E-state index < -0.39 is 10.8 Å². The van der Waals surface area contributed by atoms with Gasteiger partial charge in [0.1, 0.15) is 0 Å². The zero-order chi connectivity index (χ0) is 9.52. The van der Waals surface area contributed by atoms with Crippen LogP contribution in [0.15, 0.2) is 0 Å². The molecule has 1 fully saturated rings. The molecule has 1 aliphatic rings. The maximum absolute atomic E-state index is 11.4. The third kappa shape index (κ3) is 4.39. The summed E-state index contributed by atoms with van der Waals surface area (Å²) >= 11 is 0. The first-order valence-electron chi connectivity index (χ1n) is 4.75. The largest absolute Gasteiger partial charge is 0.316 e. The molecule has 0 aliphatic carbocycles. The van der Waals surface area contributed by atoms with Crippen molar-refractivity contribution < 1.29 is 4.21 Å². The third-order valence-corrected chi connectivity index (χ3v) is 3.79. The van der Waals surface area contributed by atoms with Gasteiger partial charge < -0.3 is 5.32 Å². The number of hydrogen-bond acceptors (Lipinski definition) is 3. The summed E-state index contributed by atoms with van der Waals surface area (Å²) in [6.45, 7) is 2.06. The van der Waals surface area contributed by atoms with Gasteiger partial charge in [-0.1, -0.05) is 0 Å². The van der Waals surface area contributed by atoms with Crippen LogP contribution in [0, 0.1) is 17.2 Å². The Labute approximate surface area is 82.0 Å². The summed E-state index contributed by atoms with van der Waals surface area (Å²) in [4.78, 5) is 0. The quantitative estimate of drug-likeness (QED) is 0.640. The molecule has 1 aliphatic heterocycles. The smallest absolute Gasteiger partial charge is 0.0621 e. The molecule has 0 aromatic heterocycles. The fourth-order valence-corrected chi connectivity index (χ4v) is 2.73. The monoisotopic (exact) mass is 200 g/mol. The normalized spacial score (nSPS) is 19.0. The second-order valence-corrected chi connectivity index (χ2v) is 5.07. The molecule has 0 saturated carbocycles. The summed E-state index contributed by atoms with van der Waals surface area (Å²) in [6.07, 6.45) is 2.42. The fraction of sp³-hybridized carbons (Fsp3) is 0.889. The maximum Gasteiger partial charge on any atom is 0.0621 e. The van der Waals surface area contributed by atoms with Crippen molar-refractivity contribution in [3.63, 3.8) is 0 Å². The Kier molecular flexibility index (Phi) is 5.02. The fourth-order valence-electron chi connectivity index (χ4n) is 1.28. The Balaban J connectivity index is 1.94. The van der Waals surface area contributed by atoms with Gasteiger partial charge in [0.25, 0.3) is 0 Å². The van der Waals surface area contributed by atoms with Crippen molar-refractivity contribution in [2.24, 2.45) is 5.92 Å². The molecule has 1 rings (SSSR count). The highest BCUT2D eigenvalue weighted by atomic mass is 32.2. The molecule has 1 N–H and O–H groups in total. The van der Waals surface area contributed by atoms with Crippen LogP contribution in [0.25, 0.3) is 0 Å². The number of hydrogen-bond donors (Lipinski definition) is 1. The Morgan fingerprint density at radius 1 is 1.46 bits per heavy atom. The van der Waals surface area contributed by atoms with Gasteiger partial charge in [0.2, 0.25) is 0 Å². The summed E-state index contributed by atoms with van der Waals surface area (Å²) in [5.41, 5.74) is 0. The molecule has 4 heteroatoms. The van der Waals surface area contributed by atoms with Crippen molar-refractivity contribution in [2.75, 3.05) is 24.6 Å². The molecular weight excluding hydrogens is 184 g/mol. The van der Waals surface area contributed by atoms with Crippen molar-refractivity contribution in [1.29, 1.82) is 5.26 Å². The van der Waals surface area contributed by atoms with Gasteiger partial charge in [0, 0.05) is 41.8 Å². The minimum absolute atomic E-state index is 0.599. The highest BCUT2D eigenvalue weighted by molar-refractivity contribution is 7.84. The number of nitrogens with zero attached hydrogens (tertiary/aromatic N) is 1. The summed E-state index contributed by atoms with van der Waals surface area (Å²) < 4.78 is 11.4. The van der Waals surface area contributed by atoms with Crippen LogP contribution in [0.4, 0.5) is 0 Å². The molecule has 13 heavy (non-hydrogen) atoms. The van der Waals surface area contributed by atoms with Gasteiger partial charge in [-0.05, 0) is 18.8 Å². The van der Waals surface area contributed by atoms with Crippen molar-refractivity contribution >= 4 is 10.8 Å². The molecule has 1 saturated heterocycles. The lowest BCUT2D eigenvalue weighted by Crippen LogP contribution is -2.44. The maximum atomic E-state index is 11.4. The second-order valence-electron chi connectivity index (χ2n) is 3.45. The van der Waals surface area contributed by atoms with Gasteiger partial charge in [-0.25, -0.2) is 0 Å². The van der Waals surface area contributed by atoms with E-state index in [-0.39, 0.29) is 0 Å². The molecule has 1 unspecified atom stereocenters. The van der Waals surface area contributed by atoms with E-state index in [2.05, 4.69) is 11.4 Å². The number of nitriles is 1. The van der Waals surface area contributed by atoms with Gasteiger partial charge >= 0.3 is 0 Å². The second kappa shape index (κ2) is 6.11. The van der Waals surface area contributed by atoms with Gasteiger partial charge in [-0.3, -0.25) is 4.21 Å². The lowest BCUT2D eigenvalue weighted by atomic mass is 10.1. The van der Waals surface area contributed by atoms with E-state index in [1.165, 1.54) is 0 Å². The highest BCUT2D eigenvalue weighted by Gasteiger charge is 2.18. The van der Waals surface area contributed by atoms with Crippen LogP contribution in [-0.2, 0) is 10.8 Å². The molecule has 0 aromatic rings. The van der Waals surface area contributed by atoms with Crippen LogP contribution < -0.4 is 5.32 Å². The van der Waals surface area contributed by atoms with Crippen LogP contribution in [-0.4, -0.2) is 28.8 Å². The first-order chi connectivity index (χ1) is 6.33.